The lowest BCUT2D eigenvalue weighted by Gasteiger charge is -2.13. The number of ether oxygens (including phenoxy) is 1. The van der Waals surface area contributed by atoms with Crippen LogP contribution in [0.3, 0.4) is 0 Å². The van der Waals surface area contributed by atoms with E-state index in [0.29, 0.717) is 13.1 Å². The van der Waals surface area contributed by atoms with E-state index in [4.69, 9.17) is 10.5 Å². The molecule has 0 radical (unpaired) electrons. The molecule has 0 unspecified atom stereocenters. The summed E-state index contributed by atoms with van der Waals surface area (Å²) in [5.74, 6) is 0.820. The molecule has 2 aromatic carbocycles. The van der Waals surface area contributed by atoms with E-state index in [9.17, 15) is 4.79 Å². The van der Waals surface area contributed by atoms with E-state index < -0.39 is 0 Å². The fourth-order valence-corrected chi connectivity index (χ4v) is 2.89. The molecule has 1 aromatic heterocycles. The van der Waals surface area contributed by atoms with Crippen molar-refractivity contribution < 1.29 is 4.74 Å². The lowest BCUT2D eigenvalue weighted by molar-refractivity contribution is 0.416. The maximum atomic E-state index is 12.2. The summed E-state index contributed by atoms with van der Waals surface area (Å²) in [6.07, 6.45) is 1.79. The Hall–Kier alpha value is -2.85. The van der Waals surface area contributed by atoms with Crippen molar-refractivity contribution in [3.05, 3.63) is 87.8 Å². The summed E-state index contributed by atoms with van der Waals surface area (Å²) >= 11 is 0. The third-order valence-corrected chi connectivity index (χ3v) is 4.24. The molecule has 2 N–H and O–H groups in total. The highest BCUT2D eigenvalue weighted by molar-refractivity contribution is 5.71. The summed E-state index contributed by atoms with van der Waals surface area (Å²) in [6, 6.07) is 17.8. The first-order valence-electron chi connectivity index (χ1n) is 8.24. The third-order valence-electron chi connectivity index (χ3n) is 4.24. The van der Waals surface area contributed by atoms with Crippen molar-refractivity contribution in [2.45, 2.75) is 20.0 Å². The number of aromatic nitrogens is 1. The number of nitrogens with zero attached hydrogens (tertiary/aromatic N) is 1. The van der Waals surface area contributed by atoms with Crippen LogP contribution in [0, 0.1) is 6.92 Å². The topological polar surface area (TPSA) is 57.2 Å². The van der Waals surface area contributed by atoms with Crippen LogP contribution in [0.25, 0.3) is 11.1 Å². The van der Waals surface area contributed by atoms with Crippen LogP contribution in [0.4, 0.5) is 0 Å². The quantitative estimate of drug-likeness (QED) is 0.778. The smallest absolute Gasteiger partial charge is 0.251 e. The van der Waals surface area contributed by atoms with Gasteiger partial charge in [0, 0.05) is 24.4 Å². The van der Waals surface area contributed by atoms with Crippen molar-refractivity contribution >= 4 is 0 Å². The first-order valence-corrected chi connectivity index (χ1v) is 8.24. The van der Waals surface area contributed by atoms with Gasteiger partial charge >= 0.3 is 0 Å². The van der Waals surface area contributed by atoms with E-state index in [-0.39, 0.29) is 5.56 Å². The van der Waals surface area contributed by atoms with Gasteiger partial charge < -0.3 is 15.0 Å². The van der Waals surface area contributed by atoms with Crippen LogP contribution in [0.1, 0.15) is 16.7 Å². The minimum atomic E-state index is -0.0455. The van der Waals surface area contributed by atoms with Gasteiger partial charge in [-0.3, -0.25) is 4.79 Å². The number of benzene rings is 2. The number of hydrogen-bond acceptors (Lipinski definition) is 3. The zero-order valence-electron chi connectivity index (χ0n) is 14.5. The summed E-state index contributed by atoms with van der Waals surface area (Å²) < 4.78 is 7.20. The second kappa shape index (κ2) is 7.36. The molecule has 3 aromatic rings. The van der Waals surface area contributed by atoms with Gasteiger partial charge in [0.1, 0.15) is 5.75 Å². The van der Waals surface area contributed by atoms with Gasteiger partial charge in [-0.1, -0.05) is 35.9 Å². The molecule has 0 atom stereocenters. The molecule has 128 valence electrons. The van der Waals surface area contributed by atoms with Crippen molar-refractivity contribution in [2.75, 3.05) is 7.11 Å². The Bertz CT molecular complexity index is 945. The second-order valence-corrected chi connectivity index (χ2v) is 6.11. The Balaban J connectivity index is 1.98. The minimum absolute atomic E-state index is 0.0455. The van der Waals surface area contributed by atoms with Crippen molar-refractivity contribution in [3.63, 3.8) is 0 Å². The molecule has 0 bridgehead atoms. The largest absolute Gasteiger partial charge is 0.496 e. The van der Waals surface area contributed by atoms with Crippen LogP contribution < -0.4 is 16.0 Å². The summed E-state index contributed by atoms with van der Waals surface area (Å²) in [5, 5.41) is 0. The molecule has 0 aliphatic carbocycles. The summed E-state index contributed by atoms with van der Waals surface area (Å²) in [5.41, 5.74) is 10.7. The molecule has 0 spiro atoms. The highest BCUT2D eigenvalue weighted by Gasteiger charge is 2.08. The van der Waals surface area contributed by atoms with Gasteiger partial charge in [-0.05, 0) is 41.8 Å². The van der Waals surface area contributed by atoms with E-state index in [1.165, 1.54) is 5.56 Å². The second-order valence-electron chi connectivity index (χ2n) is 6.11. The zero-order chi connectivity index (χ0) is 17.8. The van der Waals surface area contributed by atoms with E-state index in [2.05, 4.69) is 31.2 Å². The number of pyridine rings is 1. The van der Waals surface area contributed by atoms with Crippen LogP contribution >= 0.6 is 0 Å². The van der Waals surface area contributed by atoms with Gasteiger partial charge in [0.2, 0.25) is 0 Å². The Kier molecular flexibility index (Phi) is 5.00. The van der Waals surface area contributed by atoms with Gasteiger partial charge in [-0.15, -0.1) is 0 Å². The predicted molar refractivity (Wildman–Crippen MR) is 101 cm³/mol. The zero-order valence-corrected chi connectivity index (χ0v) is 14.5. The Morgan fingerprint density at radius 2 is 1.88 bits per heavy atom. The predicted octanol–water partition coefficient (Wildman–Crippen LogP) is 3.34. The molecule has 0 saturated carbocycles. The van der Waals surface area contributed by atoms with E-state index >= 15 is 0 Å². The van der Waals surface area contributed by atoms with Crippen molar-refractivity contribution in [2.24, 2.45) is 5.73 Å². The number of rotatable bonds is 5. The first kappa shape index (κ1) is 17.0. The van der Waals surface area contributed by atoms with E-state index in [0.717, 1.165) is 28.0 Å². The Morgan fingerprint density at radius 3 is 2.56 bits per heavy atom. The fourth-order valence-electron chi connectivity index (χ4n) is 2.89. The minimum Gasteiger partial charge on any atom is -0.496 e. The lowest BCUT2D eigenvalue weighted by atomic mass is 10.00. The SMILES string of the molecule is COc1ccc(Cn2ccc(CN)cc2=O)cc1-c1cccc(C)c1. The molecule has 4 heteroatoms. The van der Waals surface area contributed by atoms with Crippen LogP contribution in [-0.2, 0) is 13.1 Å². The standard InChI is InChI=1S/C21H22N2O2/c1-15-4-3-5-18(10-15)19-11-17(6-7-20(19)25-2)14-23-9-8-16(13-22)12-21(23)24/h3-12H,13-14,22H2,1-2H3. The fraction of sp³-hybridized carbons (Fsp3) is 0.190. The number of methoxy groups -OCH3 is 1. The van der Waals surface area contributed by atoms with Crippen molar-refractivity contribution in [1.82, 2.24) is 4.57 Å². The molecular weight excluding hydrogens is 312 g/mol. The molecule has 0 saturated heterocycles. The molecule has 4 nitrogen and oxygen atoms in total. The van der Waals surface area contributed by atoms with E-state index in [1.54, 1.807) is 23.9 Å². The average Bonchev–Trinajstić information content (AvgIpc) is 2.63. The Labute approximate surface area is 147 Å². The van der Waals surface area contributed by atoms with Gasteiger partial charge in [0.25, 0.3) is 5.56 Å². The summed E-state index contributed by atoms with van der Waals surface area (Å²) in [6.45, 7) is 2.95. The summed E-state index contributed by atoms with van der Waals surface area (Å²) in [7, 11) is 1.67. The number of hydrogen-bond donors (Lipinski definition) is 1. The normalized spacial score (nSPS) is 10.7. The average molecular weight is 334 g/mol. The lowest BCUT2D eigenvalue weighted by Crippen LogP contribution is -2.20. The van der Waals surface area contributed by atoms with Gasteiger partial charge in [-0.25, -0.2) is 0 Å². The number of nitrogens with two attached hydrogens (primary N) is 1. The van der Waals surface area contributed by atoms with Gasteiger partial charge in [0.15, 0.2) is 0 Å². The molecule has 25 heavy (non-hydrogen) atoms. The molecule has 0 aliphatic heterocycles. The van der Waals surface area contributed by atoms with Crippen LogP contribution in [0.2, 0.25) is 0 Å². The third kappa shape index (κ3) is 3.80. The van der Waals surface area contributed by atoms with Gasteiger partial charge in [-0.2, -0.15) is 0 Å². The molecule has 0 amide bonds. The van der Waals surface area contributed by atoms with E-state index in [1.807, 2.05) is 24.3 Å². The molecule has 1 heterocycles. The van der Waals surface area contributed by atoms with Crippen molar-refractivity contribution in [3.8, 4) is 16.9 Å². The molecule has 3 rings (SSSR count). The molecule has 0 aliphatic rings. The first-order chi connectivity index (χ1) is 12.1. The van der Waals surface area contributed by atoms with Gasteiger partial charge in [0.05, 0.1) is 13.7 Å². The van der Waals surface area contributed by atoms with Crippen LogP contribution in [0.15, 0.2) is 65.6 Å². The number of aryl methyl sites for hydroxylation is 1. The maximum Gasteiger partial charge on any atom is 0.251 e. The highest BCUT2D eigenvalue weighted by atomic mass is 16.5. The maximum absolute atomic E-state index is 12.2. The monoisotopic (exact) mass is 334 g/mol. The van der Waals surface area contributed by atoms with Crippen LogP contribution in [-0.4, -0.2) is 11.7 Å². The molecule has 0 fully saturated rings. The van der Waals surface area contributed by atoms with Crippen LogP contribution in [0.5, 0.6) is 5.75 Å². The van der Waals surface area contributed by atoms with Crippen molar-refractivity contribution in [1.29, 1.82) is 0 Å². The molecular formula is C21H22N2O2. The summed E-state index contributed by atoms with van der Waals surface area (Å²) in [4.78, 5) is 12.2. The Morgan fingerprint density at radius 1 is 1.04 bits per heavy atom. The highest BCUT2D eigenvalue weighted by Crippen LogP contribution is 2.31.